The molecule has 0 bridgehead atoms. The zero-order chi connectivity index (χ0) is 34.9. The molecule has 0 saturated heterocycles. The lowest BCUT2D eigenvalue weighted by atomic mass is 9.78. The van der Waals surface area contributed by atoms with E-state index in [0.717, 1.165) is 33.4 Å². The van der Waals surface area contributed by atoms with Crippen LogP contribution in [0.1, 0.15) is 116 Å². The van der Waals surface area contributed by atoms with Gasteiger partial charge in [0.15, 0.2) is 8.38 Å². The average Bonchev–Trinajstić information content (AvgIpc) is 2.88. The van der Waals surface area contributed by atoms with Gasteiger partial charge in [-0.15, -0.1) is 0 Å². The maximum atomic E-state index is 10.6. The van der Waals surface area contributed by atoms with Crippen LogP contribution in [0.15, 0.2) is 24.3 Å². The summed E-state index contributed by atoms with van der Waals surface area (Å²) in [4.78, 5) is 21.2. The summed E-state index contributed by atoms with van der Waals surface area (Å²) in [5.41, 5.74) is 2.69. The molecule has 0 fully saturated rings. The molecule has 0 radical (unpaired) electrons. The summed E-state index contributed by atoms with van der Waals surface area (Å²) >= 11 is 0. The Morgan fingerprint density at radius 1 is 0.556 bits per heavy atom. The highest BCUT2D eigenvalue weighted by atomic mass is 31.2. The van der Waals surface area contributed by atoms with Crippen LogP contribution in [0.2, 0.25) is 0 Å². The van der Waals surface area contributed by atoms with Gasteiger partial charge in [-0.05, 0) is 35.5 Å². The number of benzene rings is 2. The van der Waals surface area contributed by atoms with E-state index in [0.29, 0.717) is 11.5 Å². The molecule has 0 heterocycles. The van der Waals surface area contributed by atoms with Gasteiger partial charge < -0.3 is 34.2 Å². The fraction of sp³-hybridized carbons (Fsp3) is 0.657. The Bertz CT molecular complexity index is 1130. The van der Waals surface area contributed by atoms with Gasteiger partial charge in [0.2, 0.25) is 0 Å². The molecular weight excluding hydrogens is 610 g/mol. The van der Waals surface area contributed by atoms with Gasteiger partial charge in [0.1, 0.15) is 17.3 Å². The normalized spacial score (nSPS) is 14.3. The first-order valence-electron chi connectivity index (χ1n) is 15.5. The monoisotopic (exact) mass is 668 g/mol. The third kappa shape index (κ3) is 9.61. The average molecular weight is 669 g/mol. The van der Waals surface area contributed by atoms with Crippen LogP contribution < -0.4 is 9.05 Å². The molecule has 0 aromatic heterocycles. The molecule has 256 valence electrons. The van der Waals surface area contributed by atoms with Crippen molar-refractivity contribution in [3.05, 3.63) is 57.6 Å². The zero-order valence-corrected chi connectivity index (χ0v) is 31.7. The largest absolute Gasteiger partial charge is 0.463 e. The second kappa shape index (κ2) is 14.4. The Balaban J connectivity index is 3.00. The minimum Gasteiger partial charge on any atom is -0.417 e. The maximum Gasteiger partial charge on any atom is 0.463 e. The van der Waals surface area contributed by atoms with Gasteiger partial charge in [0.25, 0.3) is 0 Å². The van der Waals surface area contributed by atoms with E-state index in [-0.39, 0.29) is 21.7 Å². The molecule has 0 amide bonds. The van der Waals surface area contributed by atoms with E-state index in [1.807, 2.05) is 13.8 Å². The molecule has 1 unspecified atom stereocenters. The second-order valence-electron chi connectivity index (χ2n) is 16.4. The summed E-state index contributed by atoms with van der Waals surface area (Å²) < 4.78 is 20.0. The molecule has 5 N–H and O–H groups in total. The molecule has 0 aliphatic heterocycles. The van der Waals surface area contributed by atoms with E-state index >= 15 is 0 Å². The van der Waals surface area contributed by atoms with Crippen LogP contribution in [0.25, 0.3) is 0 Å². The zero-order valence-electron chi connectivity index (χ0n) is 29.9. The number of hydrogen-bond donors (Lipinski definition) is 5. The van der Waals surface area contributed by atoms with Crippen LogP contribution in [-0.2, 0) is 26.2 Å². The van der Waals surface area contributed by atoms with Gasteiger partial charge in [0.05, 0.1) is 25.2 Å². The Morgan fingerprint density at radius 2 is 0.822 bits per heavy atom. The van der Waals surface area contributed by atoms with Crippen LogP contribution in [0.3, 0.4) is 0 Å². The van der Waals surface area contributed by atoms with E-state index in [2.05, 4.69) is 107 Å². The van der Waals surface area contributed by atoms with E-state index in [9.17, 15) is 25.1 Å². The van der Waals surface area contributed by atoms with Crippen LogP contribution in [0.4, 0.5) is 0 Å². The Labute approximate surface area is 274 Å². The lowest BCUT2D eigenvalue weighted by Gasteiger charge is -2.38. The Kier molecular flexibility index (Phi) is 12.8. The van der Waals surface area contributed by atoms with Crippen LogP contribution in [0, 0.1) is 19.3 Å². The molecule has 10 heteroatoms. The molecule has 0 aliphatic rings. The van der Waals surface area contributed by atoms with Crippen molar-refractivity contribution in [3.63, 3.8) is 0 Å². The number of rotatable bonds is 11. The molecule has 0 saturated carbocycles. The molecule has 8 nitrogen and oxygen atoms in total. The van der Waals surface area contributed by atoms with Crippen molar-refractivity contribution in [2.45, 2.75) is 124 Å². The minimum absolute atomic E-state index is 0.343. The number of aliphatic hydroxyl groups excluding tert-OH is 3. The highest BCUT2D eigenvalue weighted by Gasteiger charge is 2.47. The van der Waals surface area contributed by atoms with Crippen molar-refractivity contribution < 1.29 is 38.7 Å². The lowest BCUT2D eigenvalue weighted by Crippen LogP contribution is -2.45. The summed E-state index contributed by atoms with van der Waals surface area (Å²) in [7, 11) is -5.40. The first-order valence-corrected chi connectivity index (χ1v) is 17.9. The van der Waals surface area contributed by atoms with E-state index in [1.54, 1.807) is 0 Å². The van der Waals surface area contributed by atoms with Gasteiger partial charge in [-0.1, -0.05) is 118 Å². The molecule has 0 spiro atoms. The number of aryl methyl sites for hydroxylation is 2. The fourth-order valence-electron chi connectivity index (χ4n) is 5.05. The molecule has 1 atom stereocenters. The van der Waals surface area contributed by atoms with Crippen molar-refractivity contribution in [3.8, 4) is 11.5 Å². The SMILES string of the molecule is Cc1cc(C(C)(C)C)c(OP(Oc2c(C(C)(C)C)cc(C)cc2C(C)(C)C)OC(P(O)O)C(CO)(CO)CO)c(C(C)(C)C)c1. The molecule has 2 rings (SSSR count). The highest BCUT2D eigenvalue weighted by Crippen LogP contribution is 2.57. The van der Waals surface area contributed by atoms with Crippen LogP contribution >= 0.6 is 17.0 Å². The van der Waals surface area contributed by atoms with Gasteiger partial charge >= 0.3 is 8.60 Å². The van der Waals surface area contributed by atoms with E-state index in [4.69, 9.17) is 13.6 Å². The fourth-order valence-corrected chi connectivity index (χ4v) is 7.55. The predicted octanol–water partition coefficient (Wildman–Crippen LogP) is 7.78. The first kappa shape index (κ1) is 39.8. The van der Waals surface area contributed by atoms with Crippen molar-refractivity contribution >= 4 is 17.0 Å². The third-order valence-corrected chi connectivity index (χ3v) is 10.2. The Morgan fingerprint density at radius 3 is 1.02 bits per heavy atom. The summed E-state index contributed by atoms with van der Waals surface area (Å²) in [6.07, 6.45) is 0. The summed E-state index contributed by atoms with van der Waals surface area (Å²) in [5.74, 6) is -0.466. The van der Waals surface area contributed by atoms with Crippen molar-refractivity contribution in [2.75, 3.05) is 19.8 Å². The standard InChI is InChI=1S/C35H58O8P2/c1-22-15-24(31(3,4)5)28(25(16-22)32(6,7)8)41-45(43-30(44(39)40)35(19-36,20-37)21-38)42-29-26(33(9,10)11)17-23(2)18-27(29)34(12,13)14/h15-18,30,36-40H,19-21H2,1-14H3. The molecule has 2 aromatic rings. The third-order valence-electron chi connectivity index (χ3n) is 7.89. The lowest BCUT2D eigenvalue weighted by molar-refractivity contribution is -0.0480. The van der Waals surface area contributed by atoms with Crippen LogP contribution in [-0.4, -0.2) is 50.8 Å². The molecule has 45 heavy (non-hydrogen) atoms. The van der Waals surface area contributed by atoms with Gasteiger partial charge in [-0.2, -0.15) is 0 Å². The van der Waals surface area contributed by atoms with E-state index < -0.39 is 48.1 Å². The summed E-state index contributed by atoms with van der Waals surface area (Å²) in [6.45, 7) is 26.9. The molecule has 2 aromatic carbocycles. The van der Waals surface area contributed by atoms with Gasteiger partial charge in [-0.25, -0.2) is 0 Å². The maximum absolute atomic E-state index is 10.6. The number of aliphatic hydroxyl groups is 3. The quantitative estimate of drug-likeness (QED) is 0.154. The Hall–Kier alpha value is -1.34. The highest BCUT2D eigenvalue weighted by molar-refractivity contribution is 7.48. The minimum atomic E-state index is -2.93. The van der Waals surface area contributed by atoms with Gasteiger partial charge in [0, 0.05) is 22.3 Å². The van der Waals surface area contributed by atoms with Crippen LogP contribution in [0.5, 0.6) is 11.5 Å². The number of hydrogen-bond acceptors (Lipinski definition) is 8. The van der Waals surface area contributed by atoms with Crippen molar-refractivity contribution in [2.24, 2.45) is 5.41 Å². The summed E-state index contributed by atoms with van der Waals surface area (Å²) in [6, 6.07) is 8.31. The van der Waals surface area contributed by atoms with Gasteiger partial charge in [-0.3, -0.25) is 4.52 Å². The van der Waals surface area contributed by atoms with E-state index in [1.165, 1.54) is 0 Å². The summed E-state index contributed by atoms with van der Waals surface area (Å²) in [5, 5.41) is 30.8. The molecular formula is C35H58O8P2. The predicted molar refractivity (Wildman–Crippen MR) is 185 cm³/mol. The van der Waals surface area contributed by atoms with Crippen molar-refractivity contribution in [1.82, 2.24) is 0 Å². The topological polar surface area (TPSA) is 129 Å². The second-order valence-corrected chi connectivity index (χ2v) is 18.5. The smallest absolute Gasteiger partial charge is 0.417 e. The molecule has 0 aliphatic carbocycles. The first-order chi connectivity index (χ1) is 20.3. The van der Waals surface area contributed by atoms with Crippen molar-refractivity contribution in [1.29, 1.82) is 0 Å².